The lowest BCUT2D eigenvalue weighted by molar-refractivity contribution is 0.195. The molecule has 0 spiro atoms. The summed E-state index contributed by atoms with van der Waals surface area (Å²) in [4.78, 5) is 8.55. The van der Waals surface area contributed by atoms with Gasteiger partial charge in [-0.25, -0.2) is 0 Å². The van der Waals surface area contributed by atoms with Crippen LogP contribution < -0.4 is 36.3 Å². The Morgan fingerprint density at radius 3 is 1.85 bits per heavy atom. The van der Waals surface area contributed by atoms with Crippen LogP contribution in [0.3, 0.4) is 0 Å². The lowest BCUT2D eigenvalue weighted by atomic mass is 9.33. The summed E-state index contributed by atoms with van der Waals surface area (Å²) in [5, 5.41) is 1.46. The lowest BCUT2D eigenvalue weighted by Crippen LogP contribution is -2.65. The summed E-state index contributed by atoms with van der Waals surface area (Å²) < 4.78 is 0. The zero-order valence-electron chi connectivity index (χ0n) is 47.6. The molecule has 6 aliphatic rings. The van der Waals surface area contributed by atoms with E-state index < -0.39 is 8.41 Å². The number of hydrogen-bond donors (Lipinski definition) is 0. The van der Waals surface area contributed by atoms with Crippen LogP contribution in [-0.4, -0.2) is 26.8 Å². The Morgan fingerprint density at radius 2 is 1.15 bits per heavy atom. The number of benzene rings is 7. The second kappa shape index (κ2) is 15.8. The SMILES string of the molecule is C=[Si](C)c1cc2c3c(c1)C1(C)CCCCC1(C)N3c1cc(N3c4ccc(C(C)(C)C)cc4C4(C)CCc5ccccc5C34C)cc3c1B2c1ccc(C(C)(C)C)cc1N3c1ccc(C(C)(C)C)cc1-c1ccccc1. The van der Waals surface area contributed by atoms with E-state index in [1.54, 1.807) is 5.56 Å². The van der Waals surface area contributed by atoms with E-state index in [0.717, 1.165) is 19.3 Å². The van der Waals surface area contributed by atoms with Gasteiger partial charge in [0.15, 0.2) is 0 Å². The summed E-state index contributed by atoms with van der Waals surface area (Å²) in [6, 6.07) is 53.9. The highest BCUT2D eigenvalue weighted by Crippen LogP contribution is 2.66. The van der Waals surface area contributed by atoms with Crippen LogP contribution >= 0.6 is 0 Å². The van der Waals surface area contributed by atoms with E-state index in [4.69, 9.17) is 6.17 Å². The van der Waals surface area contributed by atoms with Crippen molar-refractivity contribution >= 4 is 82.7 Å². The van der Waals surface area contributed by atoms with E-state index in [0.29, 0.717) is 0 Å². The van der Waals surface area contributed by atoms with Crippen molar-refractivity contribution in [2.75, 3.05) is 14.7 Å². The van der Waals surface area contributed by atoms with E-state index in [9.17, 15) is 0 Å². The van der Waals surface area contributed by atoms with Crippen molar-refractivity contribution < 1.29 is 0 Å². The van der Waals surface area contributed by atoms with E-state index in [1.807, 2.05) is 0 Å². The first-order valence-electron chi connectivity index (χ1n) is 28.4. The summed E-state index contributed by atoms with van der Waals surface area (Å²) in [6.07, 6.45) is 11.8. The minimum absolute atomic E-state index is 0.0157. The van der Waals surface area contributed by atoms with Gasteiger partial charge in [-0.2, -0.15) is 0 Å². The molecule has 1 saturated carbocycles. The van der Waals surface area contributed by atoms with Gasteiger partial charge in [0.2, 0.25) is 0 Å². The molecule has 4 heterocycles. The molecule has 380 valence electrons. The standard InChI is InChI=1S/C70H78BN3Si/c1-64(2,3)46-28-31-57(51(37-46)44-23-17-16-18-24-44)72-59-39-48(66(7,8)9)27-30-55(59)71-56-43-50(75(14)15)42-54-63(56)74(69(12)35-22-21-34-67(54,69)10)61-41-49(40-60(72)62(61)71)73-58-32-29-47(65(4,5)6)38-53(58)68(11)36-33-45-25-19-20-26-52(45)70(68,73)13/h16-20,23-32,37-43H,14,21-22,33-36H2,1-13,15H3. The fourth-order valence-corrected chi connectivity index (χ4v) is 16.4. The van der Waals surface area contributed by atoms with Gasteiger partial charge in [0.1, 0.15) is 0 Å². The number of rotatable bonds is 4. The van der Waals surface area contributed by atoms with Crippen LogP contribution in [0.25, 0.3) is 11.1 Å². The zero-order valence-corrected chi connectivity index (χ0v) is 48.6. The highest BCUT2D eigenvalue weighted by molar-refractivity contribution is 7.00. The van der Waals surface area contributed by atoms with Gasteiger partial charge in [0.05, 0.1) is 16.8 Å². The van der Waals surface area contributed by atoms with Gasteiger partial charge in [0.25, 0.3) is 6.71 Å². The summed E-state index contributed by atoms with van der Waals surface area (Å²) in [7, 11) is -1.04. The summed E-state index contributed by atoms with van der Waals surface area (Å²) in [6.45, 7) is 34.3. The van der Waals surface area contributed by atoms with Crippen molar-refractivity contribution in [1.82, 2.24) is 0 Å². The zero-order chi connectivity index (χ0) is 52.7. The number of nitrogens with zero attached hydrogens (tertiary/aromatic N) is 3. The fraction of sp³-hybridized carbons (Fsp3) is 0.386. The first kappa shape index (κ1) is 48.7. The van der Waals surface area contributed by atoms with Crippen molar-refractivity contribution in [3.05, 3.63) is 172 Å². The molecule has 0 radical (unpaired) electrons. The van der Waals surface area contributed by atoms with Crippen LogP contribution in [0.4, 0.5) is 39.8 Å². The summed E-state index contributed by atoms with van der Waals surface area (Å²) in [5.74, 6) is 0. The minimum Gasteiger partial charge on any atom is -0.335 e. The Labute approximate surface area is 451 Å². The minimum atomic E-state index is -1.04. The van der Waals surface area contributed by atoms with Crippen LogP contribution in [0.5, 0.6) is 0 Å². The molecule has 0 amide bonds. The third-order valence-corrected chi connectivity index (χ3v) is 21.8. The Morgan fingerprint density at radius 1 is 0.520 bits per heavy atom. The molecule has 5 heteroatoms. The Balaban J connectivity index is 1.20. The molecule has 0 aromatic heterocycles. The number of hydrogen-bond acceptors (Lipinski definition) is 3. The number of fused-ring (bicyclic) bond motifs is 12. The highest BCUT2D eigenvalue weighted by atomic mass is 28.2. The molecule has 4 aliphatic heterocycles. The predicted octanol–water partition coefficient (Wildman–Crippen LogP) is 15.2. The van der Waals surface area contributed by atoms with Crippen molar-refractivity contribution in [1.29, 1.82) is 0 Å². The molecule has 7 aromatic rings. The highest BCUT2D eigenvalue weighted by Gasteiger charge is 2.63. The normalized spacial score (nSPS) is 24.0. The molecule has 0 N–H and O–H groups in total. The molecular weight excluding hydrogens is 922 g/mol. The van der Waals surface area contributed by atoms with Crippen molar-refractivity contribution in [2.45, 2.75) is 173 Å². The smallest absolute Gasteiger partial charge is 0.252 e. The van der Waals surface area contributed by atoms with E-state index in [1.165, 1.54) is 125 Å². The van der Waals surface area contributed by atoms with Crippen LogP contribution in [0, 0.1) is 0 Å². The topological polar surface area (TPSA) is 9.72 Å². The number of anilines is 7. The largest absolute Gasteiger partial charge is 0.335 e. The molecule has 13 rings (SSSR count). The second-order valence-electron chi connectivity index (χ2n) is 27.8. The van der Waals surface area contributed by atoms with Crippen LogP contribution in [0.1, 0.15) is 161 Å². The Hall–Kier alpha value is -5.91. The molecular formula is C70H78BN3Si. The van der Waals surface area contributed by atoms with Crippen LogP contribution in [0.15, 0.2) is 133 Å². The van der Waals surface area contributed by atoms with Crippen molar-refractivity contribution in [3.63, 3.8) is 0 Å². The van der Waals surface area contributed by atoms with E-state index >= 15 is 0 Å². The van der Waals surface area contributed by atoms with Gasteiger partial charge in [-0.3, -0.25) is 0 Å². The molecule has 4 atom stereocenters. The molecule has 2 aliphatic carbocycles. The fourth-order valence-electron chi connectivity index (χ4n) is 15.6. The summed E-state index contributed by atoms with van der Waals surface area (Å²) in [5.41, 5.74) is 25.4. The lowest BCUT2D eigenvalue weighted by Gasteiger charge is -2.54. The first-order valence-corrected chi connectivity index (χ1v) is 30.6. The number of aryl methyl sites for hydroxylation is 1. The van der Waals surface area contributed by atoms with Gasteiger partial charge in [0, 0.05) is 58.9 Å². The Kier molecular flexibility index (Phi) is 10.3. The quantitative estimate of drug-likeness (QED) is 0.163. The molecule has 3 nitrogen and oxygen atoms in total. The molecule has 7 aromatic carbocycles. The summed E-state index contributed by atoms with van der Waals surface area (Å²) >= 11 is 0. The van der Waals surface area contributed by atoms with E-state index in [2.05, 4.69) is 245 Å². The maximum absolute atomic E-state index is 4.84. The van der Waals surface area contributed by atoms with Gasteiger partial charge in [-0.15, -0.1) is 6.17 Å². The van der Waals surface area contributed by atoms with Gasteiger partial charge in [-0.1, -0.05) is 193 Å². The predicted molar refractivity (Wildman–Crippen MR) is 327 cm³/mol. The van der Waals surface area contributed by atoms with E-state index in [-0.39, 0.29) is 44.9 Å². The molecule has 1 fully saturated rings. The monoisotopic (exact) mass is 1000 g/mol. The average molecular weight is 1000 g/mol. The van der Waals surface area contributed by atoms with Crippen LogP contribution in [-0.2, 0) is 39.0 Å². The van der Waals surface area contributed by atoms with Crippen LogP contribution in [0.2, 0.25) is 6.55 Å². The van der Waals surface area contributed by atoms with Gasteiger partial charge >= 0.3 is 0 Å². The third-order valence-electron chi connectivity index (χ3n) is 20.5. The Bertz CT molecular complexity index is 3590. The molecule has 0 bridgehead atoms. The maximum atomic E-state index is 4.84. The first-order chi connectivity index (χ1) is 35.4. The van der Waals surface area contributed by atoms with Crippen molar-refractivity contribution in [3.8, 4) is 11.1 Å². The van der Waals surface area contributed by atoms with Gasteiger partial charge in [-0.05, 0) is 158 Å². The molecule has 75 heavy (non-hydrogen) atoms. The third kappa shape index (κ3) is 6.55. The molecule has 0 saturated heterocycles. The molecule has 4 unspecified atom stereocenters. The van der Waals surface area contributed by atoms with Gasteiger partial charge < -0.3 is 14.7 Å². The second-order valence-corrected chi connectivity index (χ2v) is 29.9. The average Bonchev–Trinajstić information content (AvgIpc) is 3.86. The van der Waals surface area contributed by atoms with Crippen molar-refractivity contribution in [2.24, 2.45) is 0 Å². The maximum Gasteiger partial charge on any atom is 0.252 e.